The summed E-state index contributed by atoms with van der Waals surface area (Å²) in [6.07, 6.45) is 5.04. The van der Waals surface area contributed by atoms with E-state index in [1.54, 1.807) is 24.4 Å². The van der Waals surface area contributed by atoms with Gasteiger partial charge in [-0.2, -0.15) is 4.73 Å². The molecule has 0 fully saturated rings. The van der Waals surface area contributed by atoms with E-state index >= 15 is 0 Å². The van der Waals surface area contributed by atoms with Gasteiger partial charge in [0.1, 0.15) is 11.3 Å². The predicted octanol–water partition coefficient (Wildman–Crippen LogP) is 2.47. The SMILES string of the molecule is CCNCCNCc1cn(Cc2ccc(F)cc2)c2cnc3c(=O)n(O)ccc3c12. The van der Waals surface area contributed by atoms with Crippen LogP contribution in [0.15, 0.2) is 53.7 Å². The van der Waals surface area contributed by atoms with Crippen molar-refractivity contribution in [2.75, 3.05) is 19.6 Å². The van der Waals surface area contributed by atoms with Crippen molar-refractivity contribution >= 4 is 21.8 Å². The lowest BCUT2D eigenvalue weighted by Crippen LogP contribution is -2.26. The van der Waals surface area contributed by atoms with E-state index in [0.717, 1.165) is 41.7 Å². The monoisotopic (exact) mass is 409 g/mol. The van der Waals surface area contributed by atoms with Gasteiger partial charge in [0, 0.05) is 49.3 Å². The summed E-state index contributed by atoms with van der Waals surface area (Å²) >= 11 is 0. The molecule has 0 aliphatic rings. The van der Waals surface area contributed by atoms with Crippen molar-refractivity contribution in [1.29, 1.82) is 0 Å². The molecule has 8 heteroatoms. The summed E-state index contributed by atoms with van der Waals surface area (Å²) in [6, 6.07) is 8.11. The summed E-state index contributed by atoms with van der Waals surface area (Å²) in [4.78, 5) is 16.6. The van der Waals surface area contributed by atoms with Gasteiger partial charge in [-0.1, -0.05) is 19.1 Å². The van der Waals surface area contributed by atoms with Gasteiger partial charge in [0.05, 0.1) is 11.7 Å². The molecular weight excluding hydrogens is 385 g/mol. The fraction of sp³-hybridized carbons (Fsp3) is 0.273. The first-order valence-electron chi connectivity index (χ1n) is 9.95. The highest BCUT2D eigenvalue weighted by atomic mass is 19.1. The third-order valence-corrected chi connectivity index (χ3v) is 5.14. The molecule has 3 aromatic heterocycles. The van der Waals surface area contributed by atoms with Gasteiger partial charge in [-0.15, -0.1) is 0 Å². The standard InChI is InChI=1S/C22H24FN5O2/c1-2-24-8-9-25-11-16-14-27(13-15-3-5-17(23)6-4-15)19-12-26-21-18(20(16)19)7-10-28(30)22(21)29/h3-7,10,12,14,24-25,30H,2,8-9,11,13H2,1H3. The van der Waals surface area contributed by atoms with Crippen molar-refractivity contribution < 1.29 is 9.60 Å². The molecule has 4 rings (SSSR count). The normalized spacial score (nSPS) is 11.5. The van der Waals surface area contributed by atoms with E-state index < -0.39 is 5.56 Å². The van der Waals surface area contributed by atoms with Crippen LogP contribution >= 0.6 is 0 Å². The zero-order chi connectivity index (χ0) is 21.1. The summed E-state index contributed by atoms with van der Waals surface area (Å²) < 4.78 is 15.9. The Hall–Kier alpha value is -3.23. The fourth-order valence-corrected chi connectivity index (χ4v) is 3.68. The van der Waals surface area contributed by atoms with Crippen LogP contribution in [0.5, 0.6) is 0 Å². The third kappa shape index (κ3) is 3.92. The van der Waals surface area contributed by atoms with Crippen molar-refractivity contribution in [2.45, 2.75) is 20.0 Å². The number of fused-ring (bicyclic) bond motifs is 3. The average molecular weight is 409 g/mol. The molecule has 0 saturated carbocycles. The lowest BCUT2D eigenvalue weighted by atomic mass is 10.1. The summed E-state index contributed by atoms with van der Waals surface area (Å²) in [7, 11) is 0. The second kappa shape index (κ2) is 8.64. The van der Waals surface area contributed by atoms with Crippen LogP contribution in [0.4, 0.5) is 4.39 Å². The number of halogens is 1. The Morgan fingerprint density at radius 3 is 2.67 bits per heavy atom. The highest BCUT2D eigenvalue weighted by molar-refractivity contribution is 6.06. The first-order chi connectivity index (χ1) is 14.6. The number of hydrogen-bond acceptors (Lipinski definition) is 5. The number of aromatic nitrogens is 3. The minimum atomic E-state index is -0.549. The zero-order valence-electron chi connectivity index (χ0n) is 16.7. The van der Waals surface area contributed by atoms with Gasteiger partial charge in [0.15, 0.2) is 0 Å². The quantitative estimate of drug-likeness (QED) is 0.308. The number of benzene rings is 1. The van der Waals surface area contributed by atoms with Gasteiger partial charge in [0.25, 0.3) is 0 Å². The van der Waals surface area contributed by atoms with Gasteiger partial charge in [-0.05, 0) is 35.9 Å². The van der Waals surface area contributed by atoms with Gasteiger partial charge in [-0.25, -0.2) is 9.37 Å². The highest BCUT2D eigenvalue weighted by Gasteiger charge is 2.15. The van der Waals surface area contributed by atoms with Crippen molar-refractivity contribution in [2.24, 2.45) is 0 Å². The molecule has 3 heterocycles. The third-order valence-electron chi connectivity index (χ3n) is 5.14. The predicted molar refractivity (Wildman–Crippen MR) is 114 cm³/mol. The van der Waals surface area contributed by atoms with E-state index in [0.29, 0.717) is 23.2 Å². The highest BCUT2D eigenvalue weighted by Crippen LogP contribution is 2.28. The van der Waals surface area contributed by atoms with Crippen LogP contribution in [0.2, 0.25) is 0 Å². The second-order valence-corrected chi connectivity index (χ2v) is 7.19. The van der Waals surface area contributed by atoms with Crippen molar-refractivity contribution in [1.82, 2.24) is 24.9 Å². The molecule has 30 heavy (non-hydrogen) atoms. The van der Waals surface area contributed by atoms with Gasteiger partial charge < -0.3 is 20.4 Å². The molecule has 0 spiro atoms. The van der Waals surface area contributed by atoms with Crippen LogP contribution in [-0.4, -0.2) is 39.1 Å². The van der Waals surface area contributed by atoms with Gasteiger partial charge in [-0.3, -0.25) is 4.79 Å². The minimum Gasteiger partial charge on any atom is -0.425 e. The molecule has 0 atom stereocenters. The largest absolute Gasteiger partial charge is 0.425 e. The second-order valence-electron chi connectivity index (χ2n) is 7.19. The lowest BCUT2D eigenvalue weighted by Gasteiger charge is -2.07. The van der Waals surface area contributed by atoms with E-state index in [-0.39, 0.29) is 11.3 Å². The van der Waals surface area contributed by atoms with Gasteiger partial charge >= 0.3 is 5.56 Å². The van der Waals surface area contributed by atoms with Crippen LogP contribution in [0, 0.1) is 5.82 Å². The summed E-state index contributed by atoms with van der Waals surface area (Å²) in [5.74, 6) is -0.269. The Labute approximate surface area is 172 Å². The average Bonchev–Trinajstić information content (AvgIpc) is 3.10. The molecule has 7 nitrogen and oxygen atoms in total. The number of pyridine rings is 2. The number of likely N-dealkylation sites (N-methyl/N-ethyl adjacent to an activating group) is 1. The molecular formula is C22H24FN5O2. The van der Waals surface area contributed by atoms with E-state index in [1.807, 2.05) is 6.20 Å². The molecule has 3 N–H and O–H groups in total. The van der Waals surface area contributed by atoms with E-state index in [2.05, 4.69) is 27.1 Å². The fourth-order valence-electron chi connectivity index (χ4n) is 3.68. The molecule has 156 valence electrons. The first-order valence-corrected chi connectivity index (χ1v) is 9.95. The topological polar surface area (TPSA) is 84.1 Å². The van der Waals surface area contributed by atoms with Crippen molar-refractivity contribution in [3.63, 3.8) is 0 Å². The number of nitrogens with zero attached hydrogens (tertiary/aromatic N) is 3. The van der Waals surface area contributed by atoms with Crippen molar-refractivity contribution in [3.8, 4) is 0 Å². The lowest BCUT2D eigenvalue weighted by molar-refractivity contribution is 0.176. The number of nitrogens with one attached hydrogen (secondary N) is 2. The molecule has 0 bridgehead atoms. The van der Waals surface area contributed by atoms with Crippen LogP contribution in [0.25, 0.3) is 21.8 Å². The molecule has 0 amide bonds. The Morgan fingerprint density at radius 1 is 1.13 bits per heavy atom. The molecule has 0 unspecified atom stereocenters. The van der Waals surface area contributed by atoms with E-state index in [1.165, 1.54) is 18.3 Å². The number of hydrogen-bond donors (Lipinski definition) is 3. The molecule has 0 aliphatic carbocycles. The van der Waals surface area contributed by atoms with E-state index in [4.69, 9.17) is 0 Å². The first kappa shape index (κ1) is 20.1. The Morgan fingerprint density at radius 2 is 1.90 bits per heavy atom. The van der Waals surface area contributed by atoms with Crippen LogP contribution in [0.3, 0.4) is 0 Å². The minimum absolute atomic E-state index is 0.223. The van der Waals surface area contributed by atoms with Crippen LogP contribution < -0.4 is 16.2 Å². The summed E-state index contributed by atoms with van der Waals surface area (Å²) in [5.41, 5.74) is 2.55. The molecule has 0 radical (unpaired) electrons. The Bertz CT molecular complexity index is 1230. The zero-order valence-corrected chi connectivity index (χ0v) is 16.7. The maximum atomic E-state index is 13.3. The molecule has 0 saturated heterocycles. The number of rotatable bonds is 8. The maximum absolute atomic E-state index is 13.3. The molecule has 1 aromatic carbocycles. The summed E-state index contributed by atoms with van der Waals surface area (Å²) in [6.45, 7) is 5.84. The smallest absolute Gasteiger partial charge is 0.309 e. The maximum Gasteiger partial charge on any atom is 0.309 e. The van der Waals surface area contributed by atoms with Crippen molar-refractivity contribution in [3.05, 3.63) is 76.2 Å². The summed E-state index contributed by atoms with van der Waals surface area (Å²) in [5, 5.41) is 18.0. The Kier molecular flexibility index (Phi) is 5.78. The molecule has 0 aliphatic heterocycles. The van der Waals surface area contributed by atoms with E-state index in [9.17, 15) is 14.4 Å². The Balaban J connectivity index is 1.78. The van der Waals surface area contributed by atoms with Crippen LogP contribution in [-0.2, 0) is 13.1 Å². The van der Waals surface area contributed by atoms with Crippen LogP contribution in [0.1, 0.15) is 18.1 Å². The molecule has 4 aromatic rings. The van der Waals surface area contributed by atoms with Gasteiger partial charge in [0.2, 0.25) is 0 Å².